The van der Waals surface area contributed by atoms with Crippen LogP contribution in [0.5, 0.6) is 5.75 Å². The van der Waals surface area contributed by atoms with E-state index in [9.17, 15) is 0 Å². The zero-order valence-corrected chi connectivity index (χ0v) is 11.6. The number of benzene rings is 1. The van der Waals surface area contributed by atoms with Crippen molar-refractivity contribution in [2.45, 2.75) is 31.9 Å². The monoisotopic (exact) mass is 268 g/mol. The molecule has 1 aliphatic rings. The van der Waals surface area contributed by atoms with Gasteiger partial charge in [0.15, 0.2) is 0 Å². The first-order chi connectivity index (χ1) is 9.90. The molecule has 1 saturated carbocycles. The van der Waals surface area contributed by atoms with Gasteiger partial charge >= 0.3 is 0 Å². The van der Waals surface area contributed by atoms with Crippen molar-refractivity contribution in [2.24, 2.45) is 0 Å². The van der Waals surface area contributed by atoms with Crippen molar-refractivity contribution in [2.75, 3.05) is 6.54 Å². The van der Waals surface area contributed by atoms with Gasteiger partial charge in [-0.2, -0.15) is 0 Å². The maximum Gasteiger partial charge on any atom is 0.138 e. The molecule has 1 fully saturated rings. The smallest absolute Gasteiger partial charge is 0.138 e. The summed E-state index contributed by atoms with van der Waals surface area (Å²) in [5.41, 5.74) is 2.57. The van der Waals surface area contributed by atoms with E-state index in [0.29, 0.717) is 6.61 Å². The summed E-state index contributed by atoms with van der Waals surface area (Å²) in [6, 6.07) is 13.3. The second-order valence-corrected chi connectivity index (χ2v) is 5.27. The van der Waals surface area contributed by atoms with E-state index in [-0.39, 0.29) is 0 Å². The molecule has 3 nitrogen and oxygen atoms in total. The third-order valence-electron chi connectivity index (χ3n) is 3.49. The average Bonchev–Trinajstić information content (AvgIpc) is 3.32. The first kappa shape index (κ1) is 13.1. The molecule has 0 saturated heterocycles. The lowest BCUT2D eigenvalue weighted by Crippen LogP contribution is -2.19. The average molecular weight is 268 g/mol. The van der Waals surface area contributed by atoms with E-state index >= 15 is 0 Å². The summed E-state index contributed by atoms with van der Waals surface area (Å²) < 4.78 is 5.68. The molecule has 3 rings (SSSR count). The predicted molar refractivity (Wildman–Crippen MR) is 79.7 cm³/mol. The molecule has 0 radical (unpaired) electrons. The summed E-state index contributed by atoms with van der Waals surface area (Å²) in [6.07, 6.45) is 7.28. The molecular weight excluding hydrogens is 248 g/mol. The fourth-order valence-corrected chi connectivity index (χ4v) is 2.11. The minimum atomic E-state index is 0.590. The van der Waals surface area contributed by atoms with E-state index in [0.717, 1.165) is 24.8 Å². The minimum absolute atomic E-state index is 0.590. The van der Waals surface area contributed by atoms with Crippen LogP contribution in [0.4, 0.5) is 0 Å². The van der Waals surface area contributed by atoms with Crippen molar-refractivity contribution in [1.29, 1.82) is 0 Å². The Hall–Kier alpha value is -1.87. The minimum Gasteiger partial charge on any atom is -0.487 e. The van der Waals surface area contributed by atoms with Crippen LogP contribution in [0.2, 0.25) is 0 Å². The van der Waals surface area contributed by atoms with Gasteiger partial charge in [-0.3, -0.25) is 4.98 Å². The fraction of sp³-hybridized carbons (Fsp3) is 0.353. The summed E-state index contributed by atoms with van der Waals surface area (Å²) in [7, 11) is 0. The molecule has 1 aromatic carbocycles. The number of aromatic nitrogens is 1. The molecule has 1 heterocycles. The molecule has 1 N–H and O–H groups in total. The molecule has 1 aliphatic carbocycles. The Labute approximate surface area is 120 Å². The summed E-state index contributed by atoms with van der Waals surface area (Å²) >= 11 is 0. The van der Waals surface area contributed by atoms with Gasteiger partial charge < -0.3 is 10.1 Å². The van der Waals surface area contributed by atoms with Crippen LogP contribution >= 0.6 is 0 Å². The van der Waals surface area contributed by atoms with Gasteiger partial charge in [-0.15, -0.1) is 0 Å². The zero-order chi connectivity index (χ0) is 13.6. The Morgan fingerprint density at radius 1 is 1.10 bits per heavy atom. The lowest BCUT2D eigenvalue weighted by molar-refractivity contribution is 0.305. The second kappa shape index (κ2) is 6.53. The number of rotatable bonds is 7. The molecule has 0 aliphatic heterocycles. The molecule has 0 amide bonds. The lowest BCUT2D eigenvalue weighted by Gasteiger charge is -2.07. The van der Waals surface area contributed by atoms with Crippen LogP contribution in [0, 0.1) is 0 Å². The number of pyridine rings is 1. The lowest BCUT2D eigenvalue weighted by atomic mass is 10.1. The molecular formula is C17H20N2O. The van der Waals surface area contributed by atoms with Crippen molar-refractivity contribution in [3.05, 3.63) is 59.9 Å². The highest BCUT2D eigenvalue weighted by atomic mass is 16.5. The van der Waals surface area contributed by atoms with E-state index < -0.39 is 0 Å². The quantitative estimate of drug-likeness (QED) is 0.838. The highest BCUT2D eigenvalue weighted by Gasteiger charge is 2.19. The largest absolute Gasteiger partial charge is 0.487 e. The molecule has 0 unspecified atom stereocenters. The first-order valence-electron chi connectivity index (χ1n) is 7.24. The van der Waals surface area contributed by atoms with Gasteiger partial charge in [0, 0.05) is 12.2 Å². The van der Waals surface area contributed by atoms with Gasteiger partial charge in [0.2, 0.25) is 0 Å². The van der Waals surface area contributed by atoms with Gasteiger partial charge in [-0.25, -0.2) is 0 Å². The van der Waals surface area contributed by atoms with Crippen molar-refractivity contribution in [1.82, 2.24) is 10.3 Å². The molecule has 0 spiro atoms. The second-order valence-electron chi connectivity index (χ2n) is 5.27. The molecule has 0 atom stereocenters. The fourth-order valence-electron chi connectivity index (χ4n) is 2.11. The van der Waals surface area contributed by atoms with Crippen LogP contribution in [-0.4, -0.2) is 17.6 Å². The number of hydrogen-bond acceptors (Lipinski definition) is 3. The van der Waals surface area contributed by atoms with Crippen molar-refractivity contribution in [3.63, 3.8) is 0 Å². The zero-order valence-electron chi connectivity index (χ0n) is 11.6. The third-order valence-corrected chi connectivity index (χ3v) is 3.49. The molecule has 2 aromatic rings. The predicted octanol–water partition coefficient (Wildman–Crippen LogP) is 2.96. The summed E-state index contributed by atoms with van der Waals surface area (Å²) in [5.74, 6) is 0.810. The number of nitrogens with one attached hydrogen (secondary N) is 1. The number of hydrogen-bond donors (Lipinski definition) is 1. The Morgan fingerprint density at radius 3 is 2.60 bits per heavy atom. The Morgan fingerprint density at radius 2 is 1.90 bits per heavy atom. The maximum absolute atomic E-state index is 5.68. The summed E-state index contributed by atoms with van der Waals surface area (Å²) in [4.78, 5) is 4.03. The highest BCUT2D eigenvalue weighted by Crippen LogP contribution is 2.18. The number of nitrogens with zero attached hydrogens (tertiary/aromatic N) is 1. The van der Waals surface area contributed by atoms with Gasteiger partial charge in [0.05, 0.1) is 6.20 Å². The van der Waals surface area contributed by atoms with Gasteiger partial charge in [0.1, 0.15) is 12.4 Å². The molecule has 1 aromatic heterocycles. The van der Waals surface area contributed by atoms with E-state index in [1.54, 1.807) is 12.4 Å². The molecule has 3 heteroatoms. The van der Waals surface area contributed by atoms with Crippen LogP contribution in [0.25, 0.3) is 0 Å². The molecule has 20 heavy (non-hydrogen) atoms. The van der Waals surface area contributed by atoms with Crippen LogP contribution in [-0.2, 0) is 13.0 Å². The van der Waals surface area contributed by atoms with E-state index in [1.165, 1.54) is 24.0 Å². The molecule has 104 valence electrons. The van der Waals surface area contributed by atoms with E-state index in [2.05, 4.69) is 34.6 Å². The van der Waals surface area contributed by atoms with Gasteiger partial charge in [-0.1, -0.05) is 24.3 Å². The standard InChI is InChI=1S/C17H20N2O/c1-2-17(12-18-10-1)20-13-15-5-3-14(4-6-15)9-11-19-16-7-8-16/h1-6,10,12,16,19H,7-9,11,13H2. The third kappa shape index (κ3) is 4.07. The van der Waals surface area contributed by atoms with Crippen LogP contribution in [0.1, 0.15) is 24.0 Å². The Balaban J connectivity index is 1.45. The summed E-state index contributed by atoms with van der Waals surface area (Å²) in [5, 5.41) is 3.53. The topological polar surface area (TPSA) is 34.1 Å². The van der Waals surface area contributed by atoms with E-state index in [4.69, 9.17) is 4.74 Å². The van der Waals surface area contributed by atoms with Crippen LogP contribution < -0.4 is 10.1 Å². The van der Waals surface area contributed by atoms with Crippen LogP contribution in [0.3, 0.4) is 0 Å². The SMILES string of the molecule is c1cncc(OCc2ccc(CCNC3CC3)cc2)c1. The first-order valence-corrected chi connectivity index (χ1v) is 7.24. The van der Waals surface area contributed by atoms with Crippen molar-refractivity contribution in [3.8, 4) is 5.75 Å². The Kier molecular flexibility index (Phi) is 4.28. The van der Waals surface area contributed by atoms with Crippen molar-refractivity contribution >= 4 is 0 Å². The van der Waals surface area contributed by atoms with Gasteiger partial charge in [0.25, 0.3) is 0 Å². The normalized spacial score (nSPS) is 14.2. The Bertz CT molecular complexity index is 520. The van der Waals surface area contributed by atoms with Gasteiger partial charge in [-0.05, 0) is 49.1 Å². The summed E-state index contributed by atoms with van der Waals surface area (Å²) in [6.45, 7) is 1.67. The van der Waals surface area contributed by atoms with Crippen LogP contribution in [0.15, 0.2) is 48.8 Å². The van der Waals surface area contributed by atoms with Crippen molar-refractivity contribution < 1.29 is 4.74 Å². The van der Waals surface area contributed by atoms with E-state index in [1.807, 2.05) is 12.1 Å². The maximum atomic E-state index is 5.68. The molecule has 0 bridgehead atoms. The number of ether oxygens (including phenoxy) is 1. The highest BCUT2D eigenvalue weighted by molar-refractivity contribution is 5.23.